The van der Waals surface area contributed by atoms with Gasteiger partial charge in [-0.25, -0.2) is 0 Å². The first-order chi connectivity index (χ1) is 12.2. The molecule has 1 saturated carbocycles. The third-order valence-corrected chi connectivity index (χ3v) is 4.78. The Morgan fingerprint density at radius 2 is 2.00 bits per heavy atom. The molecule has 3 rings (SSSR count). The Bertz CT molecular complexity index is 785. The van der Waals surface area contributed by atoms with Gasteiger partial charge in [0, 0.05) is 24.7 Å². The lowest BCUT2D eigenvalue weighted by molar-refractivity contribution is 0.0745. The molecule has 0 radical (unpaired) electrons. The van der Waals surface area contributed by atoms with E-state index in [4.69, 9.17) is 10.3 Å². The van der Waals surface area contributed by atoms with Gasteiger partial charge in [0.05, 0.1) is 5.54 Å². The van der Waals surface area contributed by atoms with Crippen LogP contribution in [0.25, 0.3) is 11.5 Å². The van der Waals surface area contributed by atoms with E-state index in [-0.39, 0.29) is 11.3 Å². The van der Waals surface area contributed by atoms with E-state index in [0.717, 1.165) is 31.2 Å². The van der Waals surface area contributed by atoms with E-state index in [2.05, 4.69) is 30.9 Å². The number of aromatic nitrogens is 2. The van der Waals surface area contributed by atoms with Gasteiger partial charge < -0.3 is 15.2 Å². The van der Waals surface area contributed by atoms with Crippen LogP contribution in [0, 0.1) is 5.41 Å². The molecular weight excluding hydrogens is 328 g/mol. The molecule has 0 bridgehead atoms. The molecular formula is C20H28N4O2. The molecule has 26 heavy (non-hydrogen) atoms. The molecule has 0 atom stereocenters. The van der Waals surface area contributed by atoms with Crippen LogP contribution in [0.5, 0.6) is 0 Å². The second-order valence-electron chi connectivity index (χ2n) is 8.59. The van der Waals surface area contributed by atoms with Crippen LogP contribution in [0.3, 0.4) is 0 Å². The van der Waals surface area contributed by atoms with Crippen molar-refractivity contribution in [3.05, 3.63) is 35.7 Å². The number of benzene rings is 1. The molecule has 6 heteroatoms. The summed E-state index contributed by atoms with van der Waals surface area (Å²) in [4.78, 5) is 19.0. The fraction of sp³-hybridized carbons (Fsp3) is 0.550. The lowest BCUT2D eigenvalue weighted by Crippen LogP contribution is -2.34. The molecule has 1 aromatic carbocycles. The minimum atomic E-state index is -0.484. The molecule has 140 valence electrons. The molecule has 1 aliphatic rings. The van der Waals surface area contributed by atoms with Crippen molar-refractivity contribution in [2.24, 2.45) is 11.1 Å². The number of nitrogens with two attached hydrogens (primary N) is 1. The summed E-state index contributed by atoms with van der Waals surface area (Å²) in [5.41, 5.74) is 7.31. The Morgan fingerprint density at radius 1 is 1.31 bits per heavy atom. The Labute approximate surface area is 154 Å². The summed E-state index contributed by atoms with van der Waals surface area (Å²) in [6, 6.07) is 7.32. The molecule has 1 aliphatic carbocycles. The molecule has 1 fully saturated rings. The van der Waals surface area contributed by atoms with Crippen molar-refractivity contribution in [3.8, 4) is 11.5 Å². The van der Waals surface area contributed by atoms with Crippen LogP contribution in [0.4, 0.5) is 0 Å². The summed E-state index contributed by atoms with van der Waals surface area (Å²) in [7, 11) is 1.82. The highest BCUT2D eigenvalue weighted by Crippen LogP contribution is 2.35. The van der Waals surface area contributed by atoms with Gasteiger partial charge in [0.15, 0.2) is 5.82 Å². The summed E-state index contributed by atoms with van der Waals surface area (Å²) in [6.07, 6.45) is 3.93. The van der Waals surface area contributed by atoms with E-state index in [1.54, 1.807) is 11.0 Å². The van der Waals surface area contributed by atoms with Gasteiger partial charge in [-0.3, -0.25) is 4.79 Å². The predicted molar refractivity (Wildman–Crippen MR) is 100 cm³/mol. The molecule has 1 heterocycles. The third kappa shape index (κ3) is 3.96. The summed E-state index contributed by atoms with van der Waals surface area (Å²) in [5, 5.41) is 4.10. The summed E-state index contributed by atoms with van der Waals surface area (Å²) < 4.78 is 5.44. The van der Waals surface area contributed by atoms with Crippen LogP contribution in [0.1, 0.15) is 62.6 Å². The maximum atomic E-state index is 12.7. The first-order valence-corrected chi connectivity index (χ1v) is 9.17. The summed E-state index contributed by atoms with van der Waals surface area (Å²) in [6.45, 7) is 7.01. The van der Waals surface area contributed by atoms with Crippen molar-refractivity contribution >= 4 is 5.91 Å². The zero-order chi connectivity index (χ0) is 18.9. The number of nitrogens with zero attached hydrogens (tertiary/aromatic N) is 3. The average molecular weight is 356 g/mol. The van der Waals surface area contributed by atoms with Crippen molar-refractivity contribution < 1.29 is 9.32 Å². The van der Waals surface area contributed by atoms with Crippen molar-refractivity contribution in [2.75, 3.05) is 13.6 Å². The van der Waals surface area contributed by atoms with Crippen molar-refractivity contribution in [3.63, 3.8) is 0 Å². The Morgan fingerprint density at radius 3 is 2.65 bits per heavy atom. The van der Waals surface area contributed by atoms with Crippen LogP contribution in [0.2, 0.25) is 0 Å². The number of carbonyl (C=O) groups is 1. The van der Waals surface area contributed by atoms with E-state index in [1.165, 1.54) is 0 Å². The van der Waals surface area contributed by atoms with Gasteiger partial charge in [-0.05, 0) is 36.5 Å². The topological polar surface area (TPSA) is 85.2 Å². The van der Waals surface area contributed by atoms with Gasteiger partial charge >= 0.3 is 0 Å². The lowest BCUT2D eigenvalue weighted by Gasteiger charge is -2.26. The molecule has 0 saturated heterocycles. The predicted octanol–water partition coefficient (Wildman–Crippen LogP) is 3.58. The Balaban J connectivity index is 1.82. The second-order valence-corrected chi connectivity index (χ2v) is 8.59. The van der Waals surface area contributed by atoms with Gasteiger partial charge in [0.25, 0.3) is 11.8 Å². The Kier molecular flexibility index (Phi) is 4.88. The number of carbonyl (C=O) groups excluding carboxylic acids is 1. The van der Waals surface area contributed by atoms with Gasteiger partial charge in [0.2, 0.25) is 0 Å². The van der Waals surface area contributed by atoms with E-state index in [9.17, 15) is 4.79 Å². The third-order valence-electron chi connectivity index (χ3n) is 4.78. The number of hydrogen-bond donors (Lipinski definition) is 1. The number of amides is 1. The van der Waals surface area contributed by atoms with Crippen LogP contribution in [-0.2, 0) is 5.54 Å². The molecule has 2 N–H and O–H groups in total. The molecule has 6 nitrogen and oxygen atoms in total. The van der Waals surface area contributed by atoms with Gasteiger partial charge in [0.1, 0.15) is 0 Å². The first kappa shape index (κ1) is 18.6. The minimum absolute atomic E-state index is 0.0207. The maximum Gasteiger partial charge on any atom is 0.258 e. The monoisotopic (exact) mass is 356 g/mol. The van der Waals surface area contributed by atoms with Crippen molar-refractivity contribution in [1.82, 2.24) is 15.0 Å². The summed E-state index contributed by atoms with van der Waals surface area (Å²) >= 11 is 0. The Hall–Kier alpha value is -2.21. The van der Waals surface area contributed by atoms with Crippen LogP contribution < -0.4 is 5.73 Å². The van der Waals surface area contributed by atoms with Crippen LogP contribution in [0.15, 0.2) is 28.8 Å². The fourth-order valence-corrected chi connectivity index (χ4v) is 3.56. The smallest absolute Gasteiger partial charge is 0.258 e. The molecule has 0 aliphatic heterocycles. The normalized spacial score (nSPS) is 16.7. The zero-order valence-electron chi connectivity index (χ0n) is 16.1. The average Bonchev–Trinajstić information content (AvgIpc) is 3.22. The summed E-state index contributed by atoms with van der Waals surface area (Å²) in [5.74, 6) is 0.948. The SMILES string of the molecule is CN(CC(C)(C)C)C(=O)c1cccc(-c2nc(C3(N)CCCC3)no2)c1. The largest absolute Gasteiger partial charge is 0.341 e. The maximum absolute atomic E-state index is 12.7. The molecule has 1 aromatic heterocycles. The molecule has 0 spiro atoms. The number of hydrogen-bond acceptors (Lipinski definition) is 5. The molecule has 2 aromatic rings. The van der Waals surface area contributed by atoms with Gasteiger partial charge in [-0.15, -0.1) is 0 Å². The van der Waals surface area contributed by atoms with Crippen molar-refractivity contribution in [2.45, 2.75) is 52.0 Å². The molecule has 1 amide bonds. The highest BCUT2D eigenvalue weighted by atomic mass is 16.5. The second kappa shape index (κ2) is 6.83. The van der Waals surface area contributed by atoms with E-state index >= 15 is 0 Å². The van der Waals surface area contributed by atoms with Crippen molar-refractivity contribution in [1.29, 1.82) is 0 Å². The van der Waals surface area contributed by atoms with Crippen LogP contribution in [-0.4, -0.2) is 34.5 Å². The van der Waals surface area contributed by atoms with E-state index < -0.39 is 5.54 Å². The quantitative estimate of drug-likeness (QED) is 0.905. The lowest BCUT2D eigenvalue weighted by atomic mass is 9.96. The molecule has 0 unspecified atom stereocenters. The highest BCUT2D eigenvalue weighted by molar-refractivity contribution is 5.95. The number of rotatable bonds is 4. The van der Waals surface area contributed by atoms with Gasteiger partial charge in [-0.2, -0.15) is 4.98 Å². The fourth-order valence-electron chi connectivity index (χ4n) is 3.56. The first-order valence-electron chi connectivity index (χ1n) is 9.17. The van der Waals surface area contributed by atoms with Gasteiger partial charge in [-0.1, -0.05) is 44.8 Å². The minimum Gasteiger partial charge on any atom is -0.341 e. The standard InChI is InChI=1S/C20H28N4O2/c1-19(2,3)13-24(4)17(25)15-9-7-8-14(12-15)16-22-18(23-26-16)20(21)10-5-6-11-20/h7-9,12H,5-6,10-11,13,21H2,1-4H3. The van der Waals surface area contributed by atoms with Crippen LogP contribution >= 0.6 is 0 Å². The highest BCUT2D eigenvalue weighted by Gasteiger charge is 2.36. The van der Waals surface area contributed by atoms with E-state index in [1.807, 2.05) is 25.2 Å². The van der Waals surface area contributed by atoms with E-state index in [0.29, 0.717) is 23.8 Å². The zero-order valence-corrected chi connectivity index (χ0v) is 16.1.